The van der Waals surface area contributed by atoms with Crippen LogP contribution in [0.5, 0.6) is 5.75 Å². The molecule has 0 spiro atoms. The van der Waals surface area contributed by atoms with E-state index in [9.17, 15) is 0 Å². The predicted molar refractivity (Wildman–Crippen MR) is 118 cm³/mol. The van der Waals surface area contributed by atoms with Crippen LogP contribution in [0.25, 0.3) is 27.6 Å². The van der Waals surface area contributed by atoms with Gasteiger partial charge in [0.25, 0.3) is 0 Å². The van der Waals surface area contributed by atoms with Gasteiger partial charge in [-0.05, 0) is 48.7 Å². The van der Waals surface area contributed by atoms with Crippen LogP contribution in [0.2, 0.25) is 0 Å². The zero-order chi connectivity index (χ0) is 19.8. The molecule has 0 unspecified atom stereocenters. The van der Waals surface area contributed by atoms with Crippen LogP contribution in [-0.2, 0) is 5.75 Å². The van der Waals surface area contributed by atoms with Crippen molar-refractivity contribution >= 4 is 33.7 Å². The van der Waals surface area contributed by atoms with Gasteiger partial charge in [0, 0.05) is 29.4 Å². The van der Waals surface area contributed by atoms with Gasteiger partial charge in [-0.1, -0.05) is 30.0 Å². The van der Waals surface area contributed by atoms with Crippen molar-refractivity contribution in [2.75, 3.05) is 7.11 Å². The Bertz CT molecular complexity index is 1320. The van der Waals surface area contributed by atoms with E-state index < -0.39 is 0 Å². The Morgan fingerprint density at radius 3 is 2.90 bits per heavy atom. The molecule has 1 N–H and O–H groups in total. The van der Waals surface area contributed by atoms with Gasteiger partial charge in [0.05, 0.1) is 29.4 Å². The third-order valence-electron chi connectivity index (χ3n) is 5.15. The summed E-state index contributed by atoms with van der Waals surface area (Å²) < 4.78 is 7.59. The number of para-hydroxylation sites is 1. The van der Waals surface area contributed by atoms with E-state index in [1.807, 2.05) is 13.0 Å². The van der Waals surface area contributed by atoms with E-state index in [1.54, 1.807) is 25.1 Å². The number of hydrogen-bond donors (Lipinski definition) is 1. The first-order chi connectivity index (χ1) is 14.2. The predicted octanol–water partition coefficient (Wildman–Crippen LogP) is 5.51. The Labute approximate surface area is 172 Å². The van der Waals surface area contributed by atoms with Crippen LogP contribution in [0.15, 0.2) is 72.1 Å². The fourth-order valence-corrected chi connectivity index (χ4v) is 4.47. The minimum absolute atomic E-state index is 0.734. The summed E-state index contributed by atoms with van der Waals surface area (Å²) in [5, 5.41) is 2.12. The van der Waals surface area contributed by atoms with Crippen LogP contribution in [0.4, 0.5) is 0 Å². The van der Waals surface area contributed by atoms with Crippen LogP contribution in [0, 0.1) is 6.92 Å². The molecule has 0 fully saturated rings. The quantitative estimate of drug-likeness (QED) is 0.395. The number of rotatable bonds is 5. The van der Waals surface area contributed by atoms with Crippen LogP contribution in [-0.4, -0.2) is 26.6 Å². The third-order valence-corrected chi connectivity index (χ3v) is 6.03. The van der Waals surface area contributed by atoms with Crippen molar-refractivity contribution in [3.8, 4) is 11.4 Å². The topological polar surface area (TPSA) is 55.7 Å². The number of H-pyrrole nitrogens is 1. The number of imidazole rings is 1. The molecule has 0 aliphatic rings. The van der Waals surface area contributed by atoms with Crippen molar-refractivity contribution in [3.05, 3.63) is 78.2 Å². The molecule has 2 aromatic carbocycles. The highest BCUT2D eigenvalue weighted by Crippen LogP contribution is 2.28. The Balaban J connectivity index is 1.43. The molecule has 0 saturated carbocycles. The van der Waals surface area contributed by atoms with Gasteiger partial charge < -0.3 is 14.3 Å². The fourth-order valence-electron chi connectivity index (χ4n) is 3.56. The lowest BCUT2D eigenvalue weighted by atomic mass is 10.2. The normalized spacial score (nSPS) is 11.4. The summed E-state index contributed by atoms with van der Waals surface area (Å²) in [5.74, 6) is 1.60. The van der Waals surface area contributed by atoms with Crippen LogP contribution in [0.1, 0.15) is 11.3 Å². The number of aromatic nitrogens is 4. The molecule has 29 heavy (non-hydrogen) atoms. The number of hydrogen-bond acceptors (Lipinski definition) is 4. The molecule has 6 heteroatoms. The first-order valence-electron chi connectivity index (χ1n) is 9.40. The van der Waals surface area contributed by atoms with Crippen LogP contribution < -0.4 is 4.74 Å². The molecule has 0 saturated heterocycles. The molecule has 0 aliphatic heterocycles. The second-order valence-corrected chi connectivity index (χ2v) is 7.83. The number of thioether (sulfide) groups is 1. The highest BCUT2D eigenvalue weighted by atomic mass is 32.2. The lowest BCUT2D eigenvalue weighted by Gasteiger charge is -2.08. The van der Waals surface area contributed by atoms with Crippen LogP contribution >= 0.6 is 11.8 Å². The smallest absolute Gasteiger partial charge is 0.166 e. The Morgan fingerprint density at radius 1 is 1.10 bits per heavy atom. The highest BCUT2D eigenvalue weighted by molar-refractivity contribution is 7.98. The first kappa shape index (κ1) is 17.8. The molecule has 3 heterocycles. The van der Waals surface area contributed by atoms with Gasteiger partial charge in [0.1, 0.15) is 5.75 Å². The van der Waals surface area contributed by atoms with E-state index in [2.05, 4.69) is 69.3 Å². The minimum atomic E-state index is 0.734. The van der Waals surface area contributed by atoms with E-state index in [4.69, 9.17) is 9.72 Å². The zero-order valence-electron chi connectivity index (χ0n) is 16.2. The zero-order valence-corrected chi connectivity index (χ0v) is 17.0. The summed E-state index contributed by atoms with van der Waals surface area (Å²) in [6, 6.07) is 18.7. The summed E-state index contributed by atoms with van der Waals surface area (Å²) >= 11 is 1.65. The second kappa shape index (κ2) is 7.29. The van der Waals surface area contributed by atoms with Crippen molar-refractivity contribution in [2.24, 2.45) is 0 Å². The number of nitrogens with one attached hydrogen (secondary N) is 1. The molecule has 0 atom stereocenters. The molecule has 5 nitrogen and oxygen atoms in total. The minimum Gasteiger partial charge on any atom is -0.496 e. The van der Waals surface area contributed by atoms with Gasteiger partial charge >= 0.3 is 0 Å². The highest BCUT2D eigenvalue weighted by Gasteiger charge is 2.10. The molecule has 0 aliphatic carbocycles. The molecule has 5 rings (SSSR count). The monoisotopic (exact) mass is 400 g/mol. The first-order valence-corrected chi connectivity index (χ1v) is 10.4. The van der Waals surface area contributed by atoms with E-state index in [1.165, 1.54) is 10.9 Å². The summed E-state index contributed by atoms with van der Waals surface area (Å²) in [4.78, 5) is 12.7. The average molecular weight is 401 g/mol. The molecule has 5 aromatic rings. The number of ether oxygens (including phenoxy) is 1. The average Bonchev–Trinajstić information content (AvgIpc) is 3.36. The number of pyridine rings is 1. The summed E-state index contributed by atoms with van der Waals surface area (Å²) in [6.45, 7) is 2.04. The number of fused-ring (bicyclic) bond motifs is 2. The van der Waals surface area contributed by atoms with Crippen molar-refractivity contribution in [2.45, 2.75) is 17.8 Å². The van der Waals surface area contributed by atoms with Crippen molar-refractivity contribution in [1.82, 2.24) is 19.5 Å². The van der Waals surface area contributed by atoms with Gasteiger partial charge in [-0.15, -0.1) is 0 Å². The van der Waals surface area contributed by atoms with Gasteiger partial charge in [0.2, 0.25) is 0 Å². The van der Waals surface area contributed by atoms with Gasteiger partial charge in [0.15, 0.2) is 5.16 Å². The van der Waals surface area contributed by atoms with Crippen molar-refractivity contribution in [1.29, 1.82) is 0 Å². The van der Waals surface area contributed by atoms with E-state index in [0.717, 1.165) is 44.6 Å². The maximum Gasteiger partial charge on any atom is 0.166 e. The van der Waals surface area contributed by atoms with Gasteiger partial charge in [-0.25, -0.2) is 4.98 Å². The molecular weight excluding hydrogens is 380 g/mol. The maximum absolute atomic E-state index is 5.39. The van der Waals surface area contributed by atoms with Gasteiger partial charge in [-0.2, -0.15) is 0 Å². The molecule has 0 radical (unpaired) electrons. The van der Waals surface area contributed by atoms with E-state index in [0.29, 0.717) is 0 Å². The maximum atomic E-state index is 5.39. The van der Waals surface area contributed by atoms with Crippen molar-refractivity contribution in [3.63, 3.8) is 0 Å². The largest absolute Gasteiger partial charge is 0.496 e. The lowest BCUT2D eigenvalue weighted by molar-refractivity contribution is 0.410. The van der Waals surface area contributed by atoms with Crippen molar-refractivity contribution < 1.29 is 4.74 Å². The van der Waals surface area contributed by atoms with E-state index in [-0.39, 0.29) is 0 Å². The number of aromatic amines is 1. The Hall–Kier alpha value is -3.25. The molecule has 0 amide bonds. The molecule has 3 aromatic heterocycles. The standard InChI is InChI=1S/C23H20N4OS/c1-15-20(24-11-9-22(15)28-2)14-29-23-25-18-8-7-17(13-19(18)26-23)27-12-10-16-5-3-4-6-21(16)27/h3-13H,14H2,1-2H3,(H,25,26). The molecule has 144 valence electrons. The lowest BCUT2D eigenvalue weighted by Crippen LogP contribution is -1.95. The van der Waals surface area contributed by atoms with E-state index >= 15 is 0 Å². The van der Waals surface area contributed by atoms with Crippen LogP contribution in [0.3, 0.4) is 0 Å². The third kappa shape index (κ3) is 3.25. The second-order valence-electron chi connectivity index (χ2n) is 6.86. The Kier molecular flexibility index (Phi) is 4.48. The SMILES string of the molecule is COc1ccnc(CSc2nc3ccc(-n4ccc5ccccc54)cc3[nH]2)c1C. The number of benzene rings is 2. The summed E-state index contributed by atoms with van der Waals surface area (Å²) in [5.41, 5.74) is 6.38. The van der Waals surface area contributed by atoms with Gasteiger partial charge in [-0.3, -0.25) is 4.98 Å². The molecular formula is C23H20N4OS. The Morgan fingerprint density at radius 2 is 2.00 bits per heavy atom. The summed E-state index contributed by atoms with van der Waals surface area (Å²) in [7, 11) is 1.68. The molecule has 0 bridgehead atoms. The fraction of sp³-hybridized carbons (Fsp3) is 0.130. The number of methoxy groups -OCH3 is 1. The summed E-state index contributed by atoms with van der Waals surface area (Å²) in [6.07, 6.45) is 3.89. The number of nitrogens with zero attached hydrogens (tertiary/aromatic N) is 3.